The van der Waals surface area contributed by atoms with Crippen LogP contribution in [0.15, 0.2) is 0 Å². The Hall–Kier alpha value is 0.250. The Morgan fingerprint density at radius 1 is 1.25 bits per heavy atom. The summed E-state index contributed by atoms with van der Waals surface area (Å²) in [6.45, 7) is 1.87. The summed E-state index contributed by atoms with van der Waals surface area (Å²) in [5.41, 5.74) is 0.456. The molecule has 2 aliphatic rings. The fourth-order valence-corrected chi connectivity index (χ4v) is 2.94. The monoisotopic (exact) mass is 188 g/mol. The molecule has 0 aromatic rings. The van der Waals surface area contributed by atoms with Gasteiger partial charge in [0.15, 0.2) is 0 Å². The zero-order valence-electron chi connectivity index (χ0n) is 7.52. The first-order valence-corrected chi connectivity index (χ1v) is 5.54. The highest BCUT2D eigenvalue weighted by molar-refractivity contribution is 6.18. The number of hydrogen-bond acceptors (Lipinski definition) is 1. The van der Waals surface area contributed by atoms with Crippen LogP contribution in [0.1, 0.15) is 32.1 Å². The van der Waals surface area contributed by atoms with Gasteiger partial charge in [-0.2, -0.15) is 0 Å². The van der Waals surface area contributed by atoms with Crippen molar-refractivity contribution in [3.8, 4) is 0 Å². The smallest absolute Gasteiger partial charge is 0.0471 e. The van der Waals surface area contributed by atoms with E-state index in [1.54, 1.807) is 0 Å². The Labute approximate surface area is 79.4 Å². The van der Waals surface area contributed by atoms with Crippen LogP contribution < -0.4 is 0 Å². The minimum atomic E-state index is 0.456. The Balaban J connectivity index is 2.00. The average molecular weight is 189 g/mol. The lowest BCUT2D eigenvalue weighted by atomic mass is 9.63. The van der Waals surface area contributed by atoms with Gasteiger partial charge in [0.05, 0.1) is 0 Å². The molecule has 2 fully saturated rings. The highest BCUT2D eigenvalue weighted by atomic mass is 35.5. The van der Waals surface area contributed by atoms with E-state index >= 15 is 0 Å². The second kappa shape index (κ2) is 3.55. The fraction of sp³-hybridized carbons (Fsp3) is 1.00. The van der Waals surface area contributed by atoms with E-state index in [2.05, 4.69) is 0 Å². The molecule has 1 heterocycles. The van der Waals surface area contributed by atoms with Gasteiger partial charge in [-0.05, 0) is 37.0 Å². The second-order valence-electron chi connectivity index (χ2n) is 4.24. The summed E-state index contributed by atoms with van der Waals surface area (Å²) in [4.78, 5) is 0. The van der Waals surface area contributed by atoms with Crippen molar-refractivity contribution < 1.29 is 4.74 Å². The Morgan fingerprint density at radius 2 is 1.92 bits per heavy atom. The molecule has 0 spiro atoms. The number of alkyl halides is 1. The highest BCUT2D eigenvalue weighted by Gasteiger charge is 2.41. The second-order valence-corrected chi connectivity index (χ2v) is 4.50. The molecule has 0 radical (unpaired) electrons. The number of ether oxygens (including phenoxy) is 1. The van der Waals surface area contributed by atoms with Crippen LogP contribution >= 0.6 is 11.6 Å². The average Bonchev–Trinajstić information content (AvgIpc) is 2.03. The minimum absolute atomic E-state index is 0.456. The molecule has 1 saturated heterocycles. The van der Waals surface area contributed by atoms with E-state index in [4.69, 9.17) is 16.3 Å². The molecule has 0 aromatic heterocycles. The summed E-state index contributed by atoms with van der Waals surface area (Å²) in [6.07, 6.45) is 6.63. The first kappa shape index (κ1) is 8.83. The van der Waals surface area contributed by atoms with Crippen molar-refractivity contribution in [3.63, 3.8) is 0 Å². The maximum Gasteiger partial charge on any atom is 0.0471 e. The molecule has 0 atom stereocenters. The standard InChI is InChI=1S/C10H17ClO/c11-8-10(9-2-1-3-9)4-6-12-7-5-10/h9H,1-8H2. The van der Waals surface area contributed by atoms with Gasteiger partial charge in [-0.25, -0.2) is 0 Å². The third kappa shape index (κ3) is 1.38. The summed E-state index contributed by atoms with van der Waals surface area (Å²) >= 11 is 6.09. The molecular formula is C10H17ClO. The largest absolute Gasteiger partial charge is 0.381 e. The Bertz CT molecular complexity index is 148. The van der Waals surface area contributed by atoms with Gasteiger partial charge in [0.1, 0.15) is 0 Å². The Kier molecular flexibility index (Phi) is 2.61. The summed E-state index contributed by atoms with van der Waals surface area (Å²) in [6, 6.07) is 0. The van der Waals surface area contributed by atoms with Gasteiger partial charge in [0.25, 0.3) is 0 Å². The quantitative estimate of drug-likeness (QED) is 0.606. The van der Waals surface area contributed by atoms with Gasteiger partial charge >= 0.3 is 0 Å². The zero-order chi connectivity index (χ0) is 8.44. The molecule has 70 valence electrons. The van der Waals surface area contributed by atoms with E-state index < -0.39 is 0 Å². The van der Waals surface area contributed by atoms with Crippen molar-refractivity contribution in [2.45, 2.75) is 32.1 Å². The predicted octanol–water partition coefficient (Wildman–Crippen LogP) is 2.82. The molecule has 1 aliphatic carbocycles. The molecule has 0 N–H and O–H groups in total. The molecule has 1 aliphatic heterocycles. The summed E-state index contributed by atoms with van der Waals surface area (Å²) in [7, 11) is 0. The molecule has 2 rings (SSSR count). The zero-order valence-corrected chi connectivity index (χ0v) is 8.28. The minimum Gasteiger partial charge on any atom is -0.381 e. The summed E-state index contributed by atoms with van der Waals surface area (Å²) in [5, 5.41) is 0. The maximum absolute atomic E-state index is 6.09. The first-order chi connectivity index (χ1) is 5.87. The molecular weight excluding hydrogens is 172 g/mol. The number of rotatable bonds is 2. The molecule has 0 aromatic carbocycles. The summed E-state index contributed by atoms with van der Waals surface area (Å²) in [5.74, 6) is 1.76. The number of hydrogen-bond donors (Lipinski definition) is 0. The van der Waals surface area contributed by atoms with Gasteiger partial charge in [-0.1, -0.05) is 6.42 Å². The summed E-state index contributed by atoms with van der Waals surface area (Å²) < 4.78 is 5.39. The van der Waals surface area contributed by atoms with E-state index in [9.17, 15) is 0 Å². The van der Waals surface area contributed by atoms with Crippen LogP contribution in [0.2, 0.25) is 0 Å². The lowest BCUT2D eigenvalue weighted by Crippen LogP contribution is -2.41. The van der Waals surface area contributed by atoms with Crippen molar-refractivity contribution in [3.05, 3.63) is 0 Å². The van der Waals surface area contributed by atoms with Crippen molar-refractivity contribution in [1.82, 2.24) is 0 Å². The molecule has 1 nitrogen and oxygen atoms in total. The fourth-order valence-electron chi connectivity index (χ4n) is 2.45. The lowest BCUT2D eigenvalue weighted by Gasteiger charge is -2.46. The van der Waals surface area contributed by atoms with Crippen molar-refractivity contribution in [2.75, 3.05) is 19.1 Å². The SMILES string of the molecule is ClCC1(C2CCC2)CCOCC1. The van der Waals surface area contributed by atoms with Gasteiger partial charge in [0, 0.05) is 19.1 Å². The van der Waals surface area contributed by atoms with Gasteiger partial charge in [-0.3, -0.25) is 0 Å². The van der Waals surface area contributed by atoms with Crippen LogP contribution in [0.25, 0.3) is 0 Å². The Morgan fingerprint density at radius 3 is 2.33 bits per heavy atom. The van der Waals surface area contributed by atoms with Crippen LogP contribution in [0.5, 0.6) is 0 Å². The van der Waals surface area contributed by atoms with Crippen LogP contribution in [-0.2, 0) is 4.74 Å². The predicted molar refractivity (Wildman–Crippen MR) is 50.5 cm³/mol. The van der Waals surface area contributed by atoms with Crippen LogP contribution in [0, 0.1) is 11.3 Å². The van der Waals surface area contributed by atoms with E-state index in [0.717, 1.165) is 25.0 Å². The maximum atomic E-state index is 6.09. The van der Waals surface area contributed by atoms with Gasteiger partial charge in [-0.15, -0.1) is 11.6 Å². The first-order valence-electron chi connectivity index (χ1n) is 5.01. The molecule has 0 unspecified atom stereocenters. The van der Waals surface area contributed by atoms with Crippen molar-refractivity contribution in [1.29, 1.82) is 0 Å². The third-order valence-electron chi connectivity index (χ3n) is 3.73. The molecule has 0 bridgehead atoms. The highest BCUT2D eigenvalue weighted by Crippen LogP contribution is 2.48. The van der Waals surface area contributed by atoms with E-state index in [1.807, 2.05) is 0 Å². The molecule has 0 amide bonds. The molecule has 1 saturated carbocycles. The third-order valence-corrected chi connectivity index (χ3v) is 4.26. The van der Waals surface area contributed by atoms with Gasteiger partial charge < -0.3 is 4.74 Å². The van der Waals surface area contributed by atoms with Crippen molar-refractivity contribution in [2.24, 2.45) is 11.3 Å². The van der Waals surface area contributed by atoms with Gasteiger partial charge in [0.2, 0.25) is 0 Å². The van der Waals surface area contributed by atoms with Crippen molar-refractivity contribution >= 4 is 11.6 Å². The lowest BCUT2D eigenvalue weighted by molar-refractivity contribution is -0.0275. The van der Waals surface area contributed by atoms with Crippen LogP contribution in [0.4, 0.5) is 0 Å². The van der Waals surface area contributed by atoms with E-state index in [1.165, 1.54) is 32.1 Å². The van der Waals surface area contributed by atoms with Crippen LogP contribution in [-0.4, -0.2) is 19.1 Å². The topological polar surface area (TPSA) is 9.23 Å². The molecule has 12 heavy (non-hydrogen) atoms. The molecule has 2 heteroatoms. The normalized spacial score (nSPS) is 29.8. The van der Waals surface area contributed by atoms with E-state index in [-0.39, 0.29) is 0 Å². The van der Waals surface area contributed by atoms with Crippen LogP contribution in [0.3, 0.4) is 0 Å². The van der Waals surface area contributed by atoms with E-state index in [0.29, 0.717) is 5.41 Å². The number of halogens is 1.